The second-order valence-electron chi connectivity index (χ2n) is 6.73. The van der Waals surface area contributed by atoms with E-state index in [1.54, 1.807) is 6.20 Å². The van der Waals surface area contributed by atoms with Gasteiger partial charge in [0.05, 0.1) is 18.3 Å². The first-order chi connectivity index (χ1) is 13.6. The maximum absolute atomic E-state index is 9.53. The van der Waals surface area contributed by atoms with Crippen LogP contribution in [0.25, 0.3) is 11.3 Å². The van der Waals surface area contributed by atoms with Gasteiger partial charge in [-0.15, -0.1) is 0 Å². The molecule has 3 aromatic rings. The van der Waals surface area contributed by atoms with Gasteiger partial charge in [0.25, 0.3) is 0 Å². The molecule has 2 aromatic heterocycles. The van der Waals surface area contributed by atoms with E-state index in [0.29, 0.717) is 11.7 Å². The number of benzene rings is 1. The largest absolute Gasteiger partial charge is 0.459 e. The van der Waals surface area contributed by atoms with Crippen LogP contribution in [-0.2, 0) is 0 Å². The van der Waals surface area contributed by atoms with Gasteiger partial charge in [0.1, 0.15) is 17.6 Å². The second kappa shape index (κ2) is 8.03. The first kappa shape index (κ1) is 19.1. The maximum atomic E-state index is 9.53. The first-order valence-electron chi connectivity index (χ1n) is 9.03. The van der Waals surface area contributed by atoms with Gasteiger partial charge < -0.3 is 19.7 Å². The molecule has 3 heterocycles. The fourth-order valence-corrected chi connectivity index (χ4v) is 4.56. The molecule has 0 amide bonds. The van der Waals surface area contributed by atoms with E-state index in [0.717, 1.165) is 27.3 Å². The molecule has 2 N–H and O–H groups in total. The Morgan fingerprint density at radius 1 is 1.25 bits per heavy atom. The van der Waals surface area contributed by atoms with Gasteiger partial charge in [-0.1, -0.05) is 28.1 Å². The zero-order valence-electron chi connectivity index (χ0n) is 15.3. The van der Waals surface area contributed by atoms with Gasteiger partial charge in [-0.25, -0.2) is 0 Å². The maximum Gasteiger partial charge on any atom is 0.170 e. The van der Waals surface area contributed by atoms with E-state index in [2.05, 4.69) is 45.3 Å². The van der Waals surface area contributed by atoms with Crippen LogP contribution in [0.3, 0.4) is 0 Å². The third-order valence-electron chi connectivity index (χ3n) is 4.85. The predicted octanol–water partition coefficient (Wildman–Crippen LogP) is 4.38. The lowest BCUT2D eigenvalue weighted by atomic mass is 10.0. The first-order valence-corrected chi connectivity index (χ1v) is 10.2. The van der Waals surface area contributed by atoms with Crippen LogP contribution in [0.5, 0.6) is 0 Å². The number of thiocarbonyl (C=S) groups is 1. The molecule has 5 nitrogen and oxygen atoms in total. The Kier molecular flexibility index (Phi) is 5.48. The monoisotopic (exact) mass is 457 g/mol. The molecule has 0 saturated carbocycles. The SMILES string of the molecule is Cc1ccc(-c2ccc([C@@H]3[C@@H](c4ccccn4)NC(=S)N3CCO)o2)c(Br)c1. The summed E-state index contributed by atoms with van der Waals surface area (Å²) in [6.45, 7) is 2.48. The van der Waals surface area contributed by atoms with E-state index in [1.165, 1.54) is 5.56 Å². The minimum absolute atomic E-state index is 0.00430. The normalized spacial score (nSPS) is 19.1. The molecular weight excluding hydrogens is 438 g/mol. The summed E-state index contributed by atoms with van der Waals surface area (Å²) in [6.07, 6.45) is 1.77. The van der Waals surface area contributed by atoms with Crippen molar-refractivity contribution in [3.63, 3.8) is 0 Å². The van der Waals surface area contributed by atoms with Gasteiger partial charge in [0.15, 0.2) is 5.11 Å². The number of pyridine rings is 1. The van der Waals surface area contributed by atoms with Gasteiger partial charge in [-0.2, -0.15) is 0 Å². The van der Waals surface area contributed by atoms with E-state index in [1.807, 2.05) is 41.3 Å². The number of furan rings is 1. The van der Waals surface area contributed by atoms with E-state index >= 15 is 0 Å². The number of aryl methyl sites for hydroxylation is 1. The molecule has 0 spiro atoms. The Bertz CT molecular complexity index is 992. The van der Waals surface area contributed by atoms with Crippen molar-refractivity contribution in [3.05, 3.63) is 76.2 Å². The summed E-state index contributed by atoms with van der Waals surface area (Å²) < 4.78 is 7.26. The Morgan fingerprint density at radius 2 is 2.11 bits per heavy atom. The molecule has 2 atom stereocenters. The summed E-state index contributed by atoms with van der Waals surface area (Å²) >= 11 is 9.15. The Hall–Kier alpha value is -2.22. The Balaban J connectivity index is 1.73. The highest BCUT2D eigenvalue weighted by atomic mass is 79.9. The van der Waals surface area contributed by atoms with Gasteiger partial charge in [-0.3, -0.25) is 4.98 Å². The molecule has 1 saturated heterocycles. The third-order valence-corrected chi connectivity index (χ3v) is 5.86. The zero-order valence-corrected chi connectivity index (χ0v) is 17.7. The van der Waals surface area contributed by atoms with Crippen molar-refractivity contribution >= 4 is 33.3 Å². The lowest BCUT2D eigenvalue weighted by molar-refractivity contribution is 0.209. The van der Waals surface area contributed by atoms with Gasteiger partial charge in [-0.05, 0) is 61.1 Å². The van der Waals surface area contributed by atoms with Crippen molar-refractivity contribution in [2.24, 2.45) is 0 Å². The molecule has 4 rings (SSSR count). The number of β-amino-alcohol motifs (C(OH)–C–C–N with tert-alkyl or cyclic N) is 1. The lowest BCUT2D eigenvalue weighted by Crippen LogP contribution is -2.32. The zero-order chi connectivity index (χ0) is 19.7. The number of hydrogen-bond donors (Lipinski definition) is 2. The van der Waals surface area contributed by atoms with E-state index in [4.69, 9.17) is 16.6 Å². The van der Waals surface area contributed by atoms with Crippen LogP contribution in [0.4, 0.5) is 0 Å². The van der Waals surface area contributed by atoms with E-state index in [9.17, 15) is 5.11 Å². The summed E-state index contributed by atoms with van der Waals surface area (Å²) in [5.41, 5.74) is 3.05. The summed E-state index contributed by atoms with van der Waals surface area (Å²) in [4.78, 5) is 6.45. The highest BCUT2D eigenvalue weighted by Crippen LogP contribution is 2.41. The molecule has 7 heteroatoms. The van der Waals surface area contributed by atoms with Crippen molar-refractivity contribution in [3.8, 4) is 11.3 Å². The van der Waals surface area contributed by atoms with Crippen molar-refractivity contribution in [2.45, 2.75) is 19.0 Å². The van der Waals surface area contributed by atoms with Crippen LogP contribution in [0.2, 0.25) is 0 Å². The average molecular weight is 458 g/mol. The number of aromatic nitrogens is 1. The molecule has 28 heavy (non-hydrogen) atoms. The number of halogens is 1. The van der Waals surface area contributed by atoms with Crippen molar-refractivity contribution < 1.29 is 9.52 Å². The fraction of sp³-hybridized carbons (Fsp3) is 0.238. The molecule has 1 aromatic carbocycles. The van der Waals surface area contributed by atoms with E-state index in [-0.39, 0.29) is 18.7 Å². The number of rotatable bonds is 5. The summed E-state index contributed by atoms with van der Waals surface area (Å²) in [5.74, 6) is 1.56. The quantitative estimate of drug-likeness (QED) is 0.554. The molecule has 0 unspecified atom stereocenters. The van der Waals surface area contributed by atoms with Crippen LogP contribution in [-0.4, -0.2) is 33.3 Å². The standard InChI is InChI=1S/C21H20BrN3O2S/c1-13-5-6-14(15(22)12-13)17-7-8-18(27-17)20-19(16-4-2-3-9-23-16)24-21(28)25(20)10-11-26/h2-9,12,19-20,26H,10-11H2,1H3,(H,24,28)/t19-,20-/m1/s1. The lowest BCUT2D eigenvalue weighted by Gasteiger charge is -2.25. The number of aliphatic hydroxyl groups excluding tert-OH is 1. The highest BCUT2D eigenvalue weighted by Gasteiger charge is 2.41. The summed E-state index contributed by atoms with van der Waals surface area (Å²) in [7, 11) is 0. The molecule has 0 radical (unpaired) electrons. The number of hydrogen-bond acceptors (Lipinski definition) is 4. The molecule has 0 bridgehead atoms. The number of nitrogens with zero attached hydrogens (tertiary/aromatic N) is 2. The number of aliphatic hydroxyl groups is 1. The van der Waals surface area contributed by atoms with Crippen LogP contribution in [0, 0.1) is 6.92 Å². The van der Waals surface area contributed by atoms with Crippen LogP contribution in [0.1, 0.15) is 29.1 Å². The minimum atomic E-state index is -0.187. The van der Waals surface area contributed by atoms with Crippen molar-refractivity contribution in [1.29, 1.82) is 0 Å². The number of nitrogens with one attached hydrogen (secondary N) is 1. The molecule has 0 aliphatic carbocycles. The molecular formula is C21H20BrN3O2S. The predicted molar refractivity (Wildman–Crippen MR) is 116 cm³/mol. The highest BCUT2D eigenvalue weighted by molar-refractivity contribution is 9.10. The summed E-state index contributed by atoms with van der Waals surface area (Å²) in [5, 5.41) is 13.5. The molecule has 144 valence electrons. The van der Waals surface area contributed by atoms with Crippen molar-refractivity contribution in [1.82, 2.24) is 15.2 Å². The summed E-state index contributed by atoms with van der Waals surface area (Å²) in [6, 6.07) is 15.6. The Morgan fingerprint density at radius 3 is 2.82 bits per heavy atom. The van der Waals surface area contributed by atoms with Gasteiger partial charge in [0.2, 0.25) is 0 Å². The topological polar surface area (TPSA) is 61.5 Å². The van der Waals surface area contributed by atoms with Gasteiger partial charge >= 0.3 is 0 Å². The van der Waals surface area contributed by atoms with Crippen LogP contribution >= 0.6 is 28.1 Å². The van der Waals surface area contributed by atoms with E-state index < -0.39 is 0 Å². The third kappa shape index (κ3) is 3.57. The molecule has 1 fully saturated rings. The second-order valence-corrected chi connectivity index (χ2v) is 7.97. The minimum Gasteiger partial charge on any atom is -0.459 e. The van der Waals surface area contributed by atoms with Crippen molar-refractivity contribution in [2.75, 3.05) is 13.2 Å². The molecule has 1 aliphatic rings. The fourth-order valence-electron chi connectivity index (χ4n) is 3.54. The van der Waals surface area contributed by atoms with Gasteiger partial charge in [0, 0.05) is 22.8 Å². The Labute approximate surface area is 177 Å². The molecule has 1 aliphatic heterocycles. The smallest absolute Gasteiger partial charge is 0.170 e. The average Bonchev–Trinajstić information content (AvgIpc) is 3.28. The van der Waals surface area contributed by atoms with Crippen LogP contribution < -0.4 is 5.32 Å². The van der Waals surface area contributed by atoms with Crippen LogP contribution in [0.15, 0.2) is 63.6 Å².